The smallest absolute Gasteiger partial charge is 0.233 e. The first kappa shape index (κ1) is 20.3. The third kappa shape index (κ3) is 4.58. The number of furan rings is 1. The summed E-state index contributed by atoms with van der Waals surface area (Å²) in [5.41, 5.74) is 1.80. The van der Waals surface area contributed by atoms with Gasteiger partial charge in [-0.05, 0) is 55.5 Å². The maximum atomic E-state index is 12.6. The average Bonchev–Trinajstić information content (AvgIpc) is 3.43. The van der Waals surface area contributed by atoms with Gasteiger partial charge in [0.25, 0.3) is 0 Å². The molecule has 0 spiro atoms. The summed E-state index contributed by atoms with van der Waals surface area (Å²) < 4.78 is 7.21. The summed E-state index contributed by atoms with van der Waals surface area (Å²) in [7, 11) is 0. The van der Waals surface area contributed by atoms with Crippen molar-refractivity contribution in [1.82, 2.24) is 20.1 Å². The van der Waals surface area contributed by atoms with E-state index in [9.17, 15) is 4.79 Å². The van der Waals surface area contributed by atoms with Crippen LogP contribution in [0.15, 0.2) is 82.6 Å². The molecule has 0 aliphatic rings. The molecule has 0 saturated heterocycles. The SMILES string of the molecule is CC(Sc1nnc(-c2ccc(Cl)cc2)n1-c1ccccc1)C(=O)NCc1ccco1. The minimum Gasteiger partial charge on any atom is -0.467 e. The number of hydrogen-bond acceptors (Lipinski definition) is 5. The van der Waals surface area contributed by atoms with Crippen LogP contribution < -0.4 is 5.32 Å². The van der Waals surface area contributed by atoms with Gasteiger partial charge in [-0.3, -0.25) is 9.36 Å². The summed E-state index contributed by atoms with van der Waals surface area (Å²) in [4.78, 5) is 12.6. The van der Waals surface area contributed by atoms with Gasteiger partial charge in [0.2, 0.25) is 5.91 Å². The van der Waals surface area contributed by atoms with E-state index >= 15 is 0 Å². The van der Waals surface area contributed by atoms with Gasteiger partial charge in [0.1, 0.15) is 5.76 Å². The molecule has 6 nitrogen and oxygen atoms in total. The Bertz CT molecular complexity index is 1110. The van der Waals surface area contributed by atoms with Crippen LogP contribution in [0.25, 0.3) is 17.1 Å². The number of para-hydroxylation sites is 1. The molecule has 4 rings (SSSR count). The van der Waals surface area contributed by atoms with Gasteiger partial charge in [-0.25, -0.2) is 0 Å². The minimum atomic E-state index is -0.371. The highest BCUT2D eigenvalue weighted by Crippen LogP contribution is 2.30. The van der Waals surface area contributed by atoms with Crippen molar-refractivity contribution in [3.8, 4) is 17.1 Å². The van der Waals surface area contributed by atoms with E-state index in [4.69, 9.17) is 16.0 Å². The molecule has 30 heavy (non-hydrogen) atoms. The van der Waals surface area contributed by atoms with E-state index in [-0.39, 0.29) is 11.2 Å². The van der Waals surface area contributed by atoms with Gasteiger partial charge in [-0.1, -0.05) is 41.6 Å². The number of hydrogen-bond donors (Lipinski definition) is 1. The Kier molecular flexibility index (Phi) is 6.21. The van der Waals surface area contributed by atoms with E-state index in [0.717, 1.165) is 11.3 Å². The van der Waals surface area contributed by atoms with Crippen molar-refractivity contribution in [2.24, 2.45) is 0 Å². The summed E-state index contributed by atoms with van der Waals surface area (Å²) in [5, 5.41) is 12.6. The van der Waals surface area contributed by atoms with Gasteiger partial charge in [-0.2, -0.15) is 0 Å². The van der Waals surface area contributed by atoms with E-state index in [2.05, 4.69) is 15.5 Å². The summed E-state index contributed by atoms with van der Waals surface area (Å²) >= 11 is 7.38. The van der Waals surface area contributed by atoms with Gasteiger partial charge in [0.15, 0.2) is 11.0 Å². The normalized spacial score (nSPS) is 11.9. The van der Waals surface area contributed by atoms with E-state index in [1.165, 1.54) is 11.8 Å². The Morgan fingerprint density at radius 1 is 1.10 bits per heavy atom. The van der Waals surface area contributed by atoms with Crippen molar-refractivity contribution in [3.05, 3.63) is 83.8 Å². The van der Waals surface area contributed by atoms with Crippen molar-refractivity contribution in [1.29, 1.82) is 0 Å². The molecule has 2 aromatic heterocycles. The number of benzene rings is 2. The molecular formula is C22H19ClN4O2S. The zero-order valence-corrected chi connectivity index (χ0v) is 17.7. The zero-order valence-electron chi connectivity index (χ0n) is 16.2. The average molecular weight is 439 g/mol. The molecule has 0 fully saturated rings. The van der Waals surface area contributed by atoms with Crippen LogP contribution in [-0.4, -0.2) is 25.9 Å². The fourth-order valence-corrected chi connectivity index (χ4v) is 3.90. The van der Waals surface area contributed by atoms with Crippen LogP contribution in [-0.2, 0) is 11.3 Å². The highest BCUT2D eigenvalue weighted by molar-refractivity contribution is 8.00. The second-order valence-electron chi connectivity index (χ2n) is 6.54. The molecule has 1 atom stereocenters. The van der Waals surface area contributed by atoms with E-state index in [1.54, 1.807) is 12.3 Å². The Labute approximate surface area is 183 Å². The first-order chi connectivity index (χ1) is 14.6. The first-order valence-corrected chi connectivity index (χ1v) is 10.6. The molecule has 0 radical (unpaired) electrons. The van der Waals surface area contributed by atoms with Crippen LogP contribution in [0, 0.1) is 0 Å². The summed E-state index contributed by atoms with van der Waals surface area (Å²) in [6.45, 7) is 2.19. The highest BCUT2D eigenvalue weighted by atomic mass is 35.5. The molecule has 0 bridgehead atoms. The molecular weight excluding hydrogens is 420 g/mol. The number of thioether (sulfide) groups is 1. The Balaban J connectivity index is 1.59. The molecule has 0 aliphatic carbocycles. The van der Waals surface area contributed by atoms with Gasteiger partial charge in [0, 0.05) is 16.3 Å². The Morgan fingerprint density at radius 2 is 1.87 bits per heavy atom. The van der Waals surface area contributed by atoms with Crippen LogP contribution in [0.3, 0.4) is 0 Å². The highest BCUT2D eigenvalue weighted by Gasteiger charge is 2.22. The summed E-state index contributed by atoms with van der Waals surface area (Å²) in [6.07, 6.45) is 1.58. The molecule has 152 valence electrons. The predicted octanol–water partition coefficient (Wildman–Crippen LogP) is 4.98. The number of amides is 1. The lowest BCUT2D eigenvalue weighted by atomic mass is 10.2. The number of carbonyl (C=O) groups excluding carboxylic acids is 1. The summed E-state index contributed by atoms with van der Waals surface area (Å²) in [5.74, 6) is 1.29. The second kappa shape index (κ2) is 9.19. The molecule has 1 N–H and O–H groups in total. The van der Waals surface area contributed by atoms with Crippen LogP contribution >= 0.6 is 23.4 Å². The monoisotopic (exact) mass is 438 g/mol. The lowest BCUT2D eigenvalue weighted by molar-refractivity contribution is -0.120. The third-order valence-corrected chi connectivity index (χ3v) is 5.71. The van der Waals surface area contributed by atoms with Crippen molar-refractivity contribution in [3.63, 3.8) is 0 Å². The lowest BCUT2D eigenvalue weighted by Gasteiger charge is -2.13. The first-order valence-electron chi connectivity index (χ1n) is 9.35. The van der Waals surface area contributed by atoms with Gasteiger partial charge < -0.3 is 9.73 Å². The van der Waals surface area contributed by atoms with Crippen LogP contribution in [0.4, 0.5) is 0 Å². The quantitative estimate of drug-likeness (QED) is 0.412. The molecule has 2 heterocycles. The molecule has 1 amide bonds. The van der Waals surface area contributed by atoms with Gasteiger partial charge in [-0.15, -0.1) is 10.2 Å². The number of nitrogens with one attached hydrogen (secondary N) is 1. The van der Waals surface area contributed by atoms with Crippen LogP contribution in [0.5, 0.6) is 0 Å². The van der Waals surface area contributed by atoms with Crippen LogP contribution in [0.1, 0.15) is 12.7 Å². The number of nitrogens with zero attached hydrogens (tertiary/aromatic N) is 3. The summed E-state index contributed by atoms with van der Waals surface area (Å²) in [6, 6.07) is 20.9. The minimum absolute atomic E-state index is 0.105. The van der Waals surface area contributed by atoms with Gasteiger partial charge in [0.05, 0.1) is 18.1 Å². The molecule has 0 saturated carbocycles. The third-order valence-electron chi connectivity index (χ3n) is 4.42. The van der Waals surface area contributed by atoms with Gasteiger partial charge >= 0.3 is 0 Å². The van der Waals surface area contributed by atoms with Crippen molar-refractivity contribution in [2.75, 3.05) is 0 Å². The largest absolute Gasteiger partial charge is 0.467 e. The van der Waals surface area contributed by atoms with Crippen molar-refractivity contribution >= 4 is 29.3 Å². The Morgan fingerprint density at radius 3 is 2.57 bits per heavy atom. The molecule has 4 aromatic rings. The number of carbonyl (C=O) groups is 1. The molecule has 0 aliphatic heterocycles. The standard InChI is InChI=1S/C22H19ClN4O2S/c1-15(21(28)24-14-19-8-5-13-29-19)30-22-26-25-20(16-9-11-17(23)12-10-16)27(22)18-6-3-2-4-7-18/h2-13,15H,14H2,1H3,(H,24,28). The van der Waals surface area contributed by atoms with E-state index < -0.39 is 0 Å². The zero-order chi connectivity index (χ0) is 20.9. The topological polar surface area (TPSA) is 73.0 Å². The second-order valence-corrected chi connectivity index (χ2v) is 8.29. The maximum absolute atomic E-state index is 12.6. The predicted molar refractivity (Wildman–Crippen MR) is 118 cm³/mol. The Hall–Kier alpha value is -3.03. The molecule has 2 aromatic carbocycles. The van der Waals surface area contributed by atoms with Crippen molar-refractivity contribution in [2.45, 2.75) is 23.9 Å². The van der Waals surface area contributed by atoms with Crippen molar-refractivity contribution < 1.29 is 9.21 Å². The fraction of sp³-hybridized carbons (Fsp3) is 0.136. The van der Waals surface area contributed by atoms with Crippen LogP contribution in [0.2, 0.25) is 5.02 Å². The molecule has 8 heteroatoms. The maximum Gasteiger partial charge on any atom is 0.233 e. The molecule has 1 unspecified atom stereocenters. The van der Waals surface area contributed by atoms with E-state index in [0.29, 0.717) is 28.3 Å². The number of halogens is 1. The fourth-order valence-electron chi connectivity index (χ4n) is 2.88. The lowest BCUT2D eigenvalue weighted by Crippen LogP contribution is -2.30. The number of aromatic nitrogens is 3. The number of rotatable bonds is 7. The van der Waals surface area contributed by atoms with E-state index in [1.807, 2.05) is 72.2 Å².